The van der Waals surface area contributed by atoms with Gasteiger partial charge in [-0.1, -0.05) is 376 Å². The molecule has 0 atom stereocenters. The first-order chi connectivity index (χ1) is 58.4. The van der Waals surface area contributed by atoms with E-state index in [2.05, 4.69) is 400 Å². The molecule has 0 amide bonds. The summed E-state index contributed by atoms with van der Waals surface area (Å²) in [5.74, 6) is 0. The molecule has 0 radical (unpaired) electrons. The molecule has 18 aromatic carbocycles. The molecule has 0 fully saturated rings. The van der Waals surface area contributed by atoms with Gasteiger partial charge in [0.1, 0.15) is 0 Å². The molecule has 546 valence electrons. The van der Waals surface area contributed by atoms with Gasteiger partial charge in [-0.25, -0.2) is 9.97 Å². The van der Waals surface area contributed by atoms with Crippen molar-refractivity contribution >= 4 is 32.3 Å². The second-order valence-electron chi connectivity index (χ2n) is 30.3. The van der Waals surface area contributed by atoms with Crippen molar-refractivity contribution in [3.05, 3.63) is 436 Å². The number of nitriles is 2. The average molecular weight is 1500 g/mol. The van der Waals surface area contributed by atoms with Crippen molar-refractivity contribution in [3.63, 3.8) is 0 Å². The molecule has 4 heteroatoms. The highest BCUT2D eigenvalue weighted by Gasteiger charge is 2.28. The minimum Gasteiger partial charge on any atom is -0.248 e. The molecule has 0 bridgehead atoms. The summed E-state index contributed by atoms with van der Waals surface area (Å²) in [7, 11) is 0. The molecule has 4 nitrogen and oxygen atoms in total. The minimum atomic E-state index is 0.658. The summed E-state index contributed by atoms with van der Waals surface area (Å²) in [5.41, 5.74) is 40.6. The van der Waals surface area contributed by atoms with Gasteiger partial charge in [0.15, 0.2) is 0 Å². The Bertz CT molecular complexity index is 7220. The van der Waals surface area contributed by atoms with Crippen LogP contribution in [0.15, 0.2) is 425 Å². The zero-order valence-corrected chi connectivity index (χ0v) is 64.2. The van der Waals surface area contributed by atoms with E-state index in [0.717, 1.165) is 84.0 Å². The number of benzene rings is 18. The van der Waals surface area contributed by atoms with E-state index >= 15 is 0 Å². The van der Waals surface area contributed by atoms with Crippen molar-refractivity contribution < 1.29 is 0 Å². The lowest BCUT2D eigenvalue weighted by atomic mass is 9.85. The summed E-state index contributed by atoms with van der Waals surface area (Å²) < 4.78 is 0. The molecule has 0 spiro atoms. The van der Waals surface area contributed by atoms with E-state index in [-0.39, 0.29) is 0 Å². The highest BCUT2D eigenvalue weighted by atomic mass is 14.7. The first-order valence-corrected chi connectivity index (χ1v) is 40.0. The molecular formula is C114H70N4. The van der Waals surface area contributed by atoms with E-state index in [1.54, 1.807) is 0 Å². The van der Waals surface area contributed by atoms with Crippen molar-refractivity contribution in [2.75, 3.05) is 0 Å². The lowest BCUT2D eigenvalue weighted by Crippen LogP contribution is -1.92. The standard InChI is InChI=1S/C58H36N2.C56H34N2/c59-37-38-15-17-44(18-16-38)49-31-33-53-51-13-7-8-14-52(51)54-34-32-50(57(49)58(53)54)45-27-23-42(24-28-45)40-19-21-41(22-20-40)43-25-29-47(30-26-43)56-36-48(39-9-3-1-4-10-39)35-55(60-56)46-11-5-2-6-12-46;57-35-36-19-21-39(22-20-36)44-28-30-50-47-17-9-10-18-48(47)51-31-32-52(55(44)56(50)51)49-29-27-43(45-15-7-8-16-46(45)49)38-23-25-41(26-24-38)54-34-42(37-11-3-1-4-12-37)33-53(58-54)40-13-5-2-6-14-40/h1-36H;1-34H. The average Bonchev–Trinajstić information content (AvgIpc) is 1.54. The Morgan fingerprint density at radius 2 is 0.347 bits per heavy atom. The van der Waals surface area contributed by atoms with Crippen molar-refractivity contribution in [2.45, 2.75) is 0 Å². The van der Waals surface area contributed by atoms with Gasteiger partial charge in [0, 0.05) is 22.3 Å². The molecule has 0 saturated carbocycles. The van der Waals surface area contributed by atoms with Gasteiger partial charge in [0.25, 0.3) is 0 Å². The third-order valence-electron chi connectivity index (χ3n) is 23.6. The van der Waals surface area contributed by atoms with Crippen LogP contribution in [0.2, 0.25) is 0 Å². The maximum atomic E-state index is 9.56. The van der Waals surface area contributed by atoms with Crippen molar-refractivity contribution in [1.29, 1.82) is 10.5 Å². The van der Waals surface area contributed by atoms with Crippen LogP contribution in [0.5, 0.6) is 0 Å². The summed E-state index contributed by atoms with van der Waals surface area (Å²) >= 11 is 0. The molecule has 20 aromatic rings. The Morgan fingerprint density at radius 1 is 0.144 bits per heavy atom. The molecule has 22 rings (SSSR count). The van der Waals surface area contributed by atoms with Crippen LogP contribution in [0.25, 0.3) is 222 Å². The topological polar surface area (TPSA) is 73.4 Å². The molecule has 0 N–H and O–H groups in total. The SMILES string of the molecule is N#Cc1ccc(-c2ccc3c4c(ccc(-c5ccc(-c6ccc(-c7cc(-c8ccccc8)cc(-c8ccccc8)n7)cc6)c6ccccc56)c24)-c2ccccc2-3)cc1.N#Cc1ccc(-c2ccc3c4c(ccc(-c5ccc(-c6ccc(-c7ccc(-c8cc(-c9ccccc9)cc(-c9ccccc9)n8)cc7)cc6)cc5)c24)-c2ccccc2-3)cc1. The molecular weight excluding hydrogens is 1430 g/mol. The quantitative estimate of drug-likeness (QED) is 0.115. The predicted molar refractivity (Wildman–Crippen MR) is 490 cm³/mol. The van der Waals surface area contributed by atoms with Crippen LogP contribution in [-0.4, -0.2) is 9.97 Å². The predicted octanol–water partition coefficient (Wildman–Crippen LogP) is 30.3. The van der Waals surface area contributed by atoms with Gasteiger partial charge in [0.2, 0.25) is 0 Å². The molecule has 118 heavy (non-hydrogen) atoms. The summed E-state index contributed by atoms with van der Waals surface area (Å²) in [6.45, 7) is 0. The number of aromatic nitrogens is 2. The number of hydrogen-bond donors (Lipinski definition) is 0. The molecule has 2 aliphatic rings. The Balaban J connectivity index is 0.000000147. The fourth-order valence-corrected chi connectivity index (χ4v) is 17.8. The number of rotatable bonds is 13. The maximum Gasteiger partial charge on any atom is 0.0991 e. The van der Waals surface area contributed by atoms with Gasteiger partial charge in [0.05, 0.1) is 46.0 Å². The van der Waals surface area contributed by atoms with Crippen molar-refractivity contribution in [3.8, 4) is 202 Å². The lowest BCUT2D eigenvalue weighted by Gasteiger charge is -2.18. The molecule has 2 aliphatic carbocycles. The van der Waals surface area contributed by atoms with Crippen LogP contribution < -0.4 is 0 Å². The fraction of sp³-hybridized carbons (Fsp3) is 0. The zero-order valence-electron chi connectivity index (χ0n) is 64.2. The number of hydrogen-bond acceptors (Lipinski definition) is 4. The van der Waals surface area contributed by atoms with Gasteiger partial charge < -0.3 is 0 Å². The van der Waals surface area contributed by atoms with Gasteiger partial charge in [-0.05, 0) is 225 Å². The Morgan fingerprint density at radius 3 is 0.678 bits per heavy atom. The number of fused-ring (bicyclic) bond motifs is 7. The van der Waals surface area contributed by atoms with Gasteiger partial charge in [-0.15, -0.1) is 0 Å². The summed E-state index contributed by atoms with van der Waals surface area (Å²) in [5, 5.41) is 26.5. The lowest BCUT2D eigenvalue weighted by molar-refractivity contribution is 1.32. The van der Waals surface area contributed by atoms with E-state index in [9.17, 15) is 10.5 Å². The first-order valence-electron chi connectivity index (χ1n) is 40.0. The van der Waals surface area contributed by atoms with E-state index in [4.69, 9.17) is 9.97 Å². The normalized spacial score (nSPS) is 11.4. The number of pyridine rings is 2. The molecule has 0 saturated heterocycles. The Kier molecular flexibility index (Phi) is 17.7. The first kappa shape index (κ1) is 69.9. The summed E-state index contributed by atoms with van der Waals surface area (Å²) in [6.07, 6.45) is 0. The van der Waals surface area contributed by atoms with Crippen LogP contribution >= 0.6 is 0 Å². The third kappa shape index (κ3) is 12.7. The van der Waals surface area contributed by atoms with Gasteiger partial charge in [-0.2, -0.15) is 10.5 Å². The highest BCUT2D eigenvalue weighted by molar-refractivity contribution is 6.25. The second-order valence-corrected chi connectivity index (χ2v) is 30.3. The molecule has 0 unspecified atom stereocenters. The largest absolute Gasteiger partial charge is 0.248 e. The summed E-state index contributed by atoms with van der Waals surface area (Å²) in [4.78, 5) is 10.3. The van der Waals surface area contributed by atoms with E-state index in [0.29, 0.717) is 11.1 Å². The highest BCUT2D eigenvalue weighted by Crippen LogP contribution is 2.55. The minimum absolute atomic E-state index is 0.658. The van der Waals surface area contributed by atoms with E-state index < -0.39 is 0 Å². The number of nitrogens with zero attached hydrogens (tertiary/aromatic N) is 4. The molecule has 0 aliphatic heterocycles. The maximum absolute atomic E-state index is 9.56. The van der Waals surface area contributed by atoms with Crippen LogP contribution in [0.3, 0.4) is 0 Å². The summed E-state index contributed by atoms with van der Waals surface area (Å²) in [6, 6.07) is 156. The van der Waals surface area contributed by atoms with E-state index in [1.807, 2.05) is 36.4 Å². The molecule has 2 aromatic heterocycles. The molecule has 2 heterocycles. The van der Waals surface area contributed by atoms with E-state index in [1.165, 1.54) is 138 Å². The van der Waals surface area contributed by atoms with Crippen LogP contribution in [-0.2, 0) is 0 Å². The van der Waals surface area contributed by atoms with Crippen molar-refractivity contribution in [1.82, 2.24) is 9.97 Å². The van der Waals surface area contributed by atoms with Crippen LogP contribution in [0.1, 0.15) is 11.1 Å². The monoisotopic (exact) mass is 1490 g/mol. The van der Waals surface area contributed by atoms with Crippen LogP contribution in [0.4, 0.5) is 0 Å². The second kappa shape index (κ2) is 29.8. The Hall–Kier alpha value is -16.0. The fourth-order valence-electron chi connectivity index (χ4n) is 17.8. The van der Waals surface area contributed by atoms with Crippen molar-refractivity contribution in [2.24, 2.45) is 0 Å². The smallest absolute Gasteiger partial charge is 0.0991 e. The zero-order chi connectivity index (χ0) is 78.6. The Labute approximate surface area is 685 Å². The van der Waals surface area contributed by atoms with Gasteiger partial charge in [-0.3, -0.25) is 0 Å². The van der Waals surface area contributed by atoms with Crippen LogP contribution in [0, 0.1) is 22.7 Å². The van der Waals surface area contributed by atoms with Gasteiger partial charge >= 0.3 is 0 Å². The third-order valence-corrected chi connectivity index (χ3v) is 23.6.